The van der Waals surface area contributed by atoms with Crippen LogP contribution >= 0.6 is 11.3 Å². The summed E-state index contributed by atoms with van der Waals surface area (Å²) in [5.74, 6) is -0.220. The third kappa shape index (κ3) is 2.42. The maximum Gasteiger partial charge on any atom is 0.242 e. The Kier molecular flexibility index (Phi) is 3.28. The minimum atomic E-state index is -0.690. The fraction of sp³-hybridized carbons (Fsp3) is 0.545. The highest BCUT2D eigenvalue weighted by Gasteiger charge is 2.35. The van der Waals surface area contributed by atoms with Gasteiger partial charge < -0.3 is 16.2 Å². The summed E-state index contributed by atoms with van der Waals surface area (Å²) in [6.45, 7) is 0.310. The molecule has 1 unspecified atom stereocenters. The molecule has 1 fully saturated rings. The van der Waals surface area contributed by atoms with E-state index in [1.165, 1.54) is 11.3 Å². The molecule has 1 aromatic heterocycles. The molecule has 4 nitrogen and oxygen atoms in total. The summed E-state index contributed by atoms with van der Waals surface area (Å²) >= 11 is 1.46. The zero-order valence-electron chi connectivity index (χ0n) is 8.98. The molecule has 1 aromatic rings. The van der Waals surface area contributed by atoms with Crippen molar-refractivity contribution < 1.29 is 9.90 Å². The van der Waals surface area contributed by atoms with E-state index in [4.69, 9.17) is 5.73 Å². The average molecular weight is 240 g/mol. The summed E-state index contributed by atoms with van der Waals surface area (Å²) in [6, 6.07) is 3.09. The second-order valence-corrected chi connectivity index (χ2v) is 5.27. The molecule has 4 N–H and O–H groups in total. The molecule has 1 saturated carbocycles. The van der Waals surface area contributed by atoms with Crippen LogP contribution in [0.15, 0.2) is 17.5 Å². The molecule has 1 aliphatic carbocycles. The number of nitrogens with one attached hydrogen (secondary N) is 1. The van der Waals surface area contributed by atoms with Crippen molar-refractivity contribution in [2.45, 2.75) is 30.9 Å². The van der Waals surface area contributed by atoms with E-state index >= 15 is 0 Å². The molecule has 0 saturated heterocycles. The molecular weight excluding hydrogens is 224 g/mol. The number of carbonyl (C=O) groups is 1. The second-order valence-electron chi connectivity index (χ2n) is 4.29. The predicted octanol–water partition coefficient (Wildman–Crippen LogP) is 0.779. The van der Waals surface area contributed by atoms with Crippen LogP contribution in [0.4, 0.5) is 0 Å². The largest absolute Gasteiger partial charge is 0.388 e. The third-order valence-corrected chi connectivity index (χ3v) is 3.96. The van der Waals surface area contributed by atoms with Crippen molar-refractivity contribution in [2.75, 3.05) is 6.54 Å². The predicted molar refractivity (Wildman–Crippen MR) is 63.1 cm³/mol. The average Bonchev–Trinajstić information content (AvgIpc) is 2.75. The fourth-order valence-corrected chi connectivity index (χ4v) is 2.45. The number of hydrogen-bond donors (Lipinski definition) is 3. The van der Waals surface area contributed by atoms with Gasteiger partial charge in [0.1, 0.15) is 6.04 Å². The minimum absolute atomic E-state index is 0.220. The van der Waals surface area contributed by atoms with Gasteiger partial charge in [-0.3, -0.25) is 4.79 Å². The molecule has 88 valence electrons. The molecule has 1 atom stereocenters. The molecular formula is C11H16N2O2S. The SMILES string of the molecule is NC(C(=O)NCC1(O)CCC1)c1cccs1. The quantitative estimate of drug-likeness (QED) is 0.728. The second kappa shape index (κ2) is 4.53. The van der Waals surface area contributed by atoms with Gasteiger partial charge >= 0.3 is 0 Å². The molecule has 0 aliphatic heterocycles. The Hall–Kier alpha value is -0.910. The molecule has 0 radical (unpaired) electrons. The van der Waals surface area contributed by atoms with Crippen molar-refractivity contribution in [2.24, 2.45) is 5.73 Å². The molecule has 2 rings (SSSR count). The molecule has 16 heavy (non-hydrogen) atoms. The summed E-state index contributed by atoms with van der Waals surface area (Å²) in [4.78, 5) is 12.5. The molecule has 0 spiro atoms. The van der Waals surface area contributed by atoms with Crippen LogP contribution in [0.2, 0.25) is 0 Å². The maximum absolute atomic E-state index is 11.7. The van der Waals surface area contributed by atoms with E-state index in [9.17, 15) is 9.90 Å². The number of amides is 1. The Bertz CT molecular complexity index is 360. The van der Waals surface area contributed by atoms with Gasteiger partial charge in [-0.1, -0.05) is 6.07 Å². The topological polar surface area (TPSA) is 75.4 Å². The number of carbonyl (C=O) groups excluding carboxylic acids is 1. The van der Waals surface area contributed by atoms with Gasteiger partial charge in [0, 0.05) is 11.4 Å². The van der Waals surface area contributed by atoms with E-state index in [0.717, 1.165) is 24.1 Å². The molecule has 5 heteroatoms. The van der Waals surface area contributed by atoms with Gasteiger partial charge in [-0.25, -0.2) is 0 Å². The van der Waals surface area contributed by atoms with Crippen molar-refractivity contribution in [1.82, 2.24) is 5.32 Å². The fourth-order valence-electron chi connectivity index (χ4n) is 1.72. The van der Waals surface area contributed by atoms with Crippen LogP contribution in [0.25, 0.3) is 0 Å². The molecule has 0 aromatic carbocycles. The van der Waals surface area contributed by atoms with Crippen LogP contribution in [0, 0.1) is 0 Å². The lowest BCUT2D eigenvalue weighted by molar-refractivity contribution is -0.124. The molecule has 1 amide bonds. The van der Waals surface area contributed by atoms with Gasteiger partial charge in [0.15, 0.2) is 0 Å². The van der Waals surface area contributed by atoms with Crippen molar-refractivity contribution in [3.8, 4) is 0 Å². The van der Waals surface area contributed by atoms with Gasteiger partial charge in [-0.2, -0.15) is 0 Å². The summed E-state index contributed by atoms with van der Waals surface area (Å²) in [5, 5.41) is 14.4. The van der Waals surface area contributed by atoms with Gasteiger partial charge in [0.2, 0.25) is 5.91 Å². The zero-order chi connectivity index (χ0) is 11.6. The summed E-state index contributed by atoms with van der Waals surface area (Å²) in [6.07, 6.45) is 2.56. The van der Waals surface area contributed by atoms with Gasteiger partial charge in [-0.05, 0) is 30.7 Å². The third-order valence-electron chi connectivity index (χ3n) is 3.01. The normalized spacial score (nSPS) is 19.9. The monoisotopic (exact) mass is 240 g/mol. The number of nitrogens with two attached hydrogens (primary N) is 1. The van der Waals surface area contributed by atoms with Crippen LogP contribution < -0.4 is 11.1 Å². The molecule has 1 heterocycles. The molecule has 1 aliphatic rings. The maximum atomic E-state index is 11.7. The highest BCUT2D eigenvalue weighted by molar-refractivity contribution is 7.10. The lowest BCUT2D eigenvalue weighted by atomic mass is 9.80. The van der Waals surface area contributed by atoms with Gasteiger partial charge in [-0.15, -0.1) is 11.3 Å². The summed E-state index contributed by atoms with van der Waals surface area (Å²) < 4.78 is 0. The number of hydrogen-bond acceptors (Lipinski definition) is 4. The molecule has 0 bridgehead atoms. The highest BCUT2D eigenvalue weighted by Crippen LogP contribution is 2.30. The number of thiophene rings is 1. The number of rotatable bonds is 4. The van der Waals surface area contributed by atoms with E-state index < -0.39 is 11.6 Å². The summed E-state index contributed by atoms with van der Waals surface area (Å²) in [7, 11) is 0. The first-order valence-corrected chi connectivity index (χ1v) is 6.28. The minimum Gasteiger partial charge on any atom is -0.388 e. The van der Waals surface area contributed by atoms with Crippen LogP contribution in [-0.4, -0.2) is 23.2 Å². The Morgan fingerprint density at radius 2 is 2.44 bits per heavy atom. The van der Waals surface area contributed by atoms with E-state index in [1.807, 2.05) is 17.5 Å². The number of aliphatic hydroxyl groups is 1. The van der Waals surface area contributed by atoms with E-state index in [0.29, 0.717) is 6.54 Å². The zero-order valence-corrected chi connectivity index (χ0v) is 9.80. The standard InChI is InChI=1S/C11H16N2O2S/c12-9(8-3-1-6-16-8)10(14)13-7-11(15)4-2-5-11/h1,3,6,9,15H,2,4-5,7,12H2,(H,13,14). The lowest BCUT2D eigenvalue weighted by Crippen LogP contribution is -2.49. The highest BCUT2D eigenvalue weighted by atomic mass is 32.1. The Morgan fingerprint density at radius 1 is 1.69 bits per heavy atom. The van der Waals surface area contributed by atoms with Crippen LogP contribution in [-0.2, 0) is 4.79 Å². The van der Waals surface area contributed by atoms with Gasteiger partial charge in [0.25, 0.3) is 0 Å². The van der Waals surface area contributed by atoms with Crippen molar-refractivity contribution in [3.63, 3.8) is 0 Å². The van der Waals surface area contributed by atoms with Crippen molar-refractivity contribution in [3.05, 3.63) is 22.4 Å². The Labute approximate surface area is 98.5 Å². The van der Waals surface area contributed by atoms with Crippen LogP contribution in [0.1, 0.15) is 30.2 Å². The first-order valence-electron chi connectivity index (χ1n) is 5.40. The van der Waals surface area contributed by atoms with Crippen LogP contribution in [0.3, 0.4) is 0 Å². The first kappa shape index (κ1) is 11.6. The summed E-state index contributed by atoms with van der Waals surface area (Å²) in [5.41, 5.74) is 5.10. The van der Waals surface area contributed by atoms with E-state index in [-0.39, 0.29) is 5.91 Å². The van der Waals surface area contributed by atoms with E-state index in [2.05, 4.69) is 5.32 Å². The van der Waals surface area contributed by atoms with Gasteiger partial charge in [0.05, 0.1) is 5.60 Å². The lowest BCUT2D eigenvalue weighted by Gasteiger charge is -2.36. The van der Waals surface area contributed by atoms with Crippen molar-refractivity contribution in [1.29, 1.82) is 0 Å². The van der Waals surface area contributed by atoms with Crippen LogP contribution in [0.5, 0.6) is 0 Å². The first-order chi connectivity index (χ1) is 7.61. The smallest absolute Gasteiger partial charge is 0.242 e. The Balaban J connectivity index is 1.84. The van der Waals surface area contributed by atoms with E-state index in [1.54, 1.807) is 0 Å². The van der Waals surface area contributed by atoms with Crippen molar-refractivity contribution >= 4 is 17.2 Å². The Morgan fingerprint density at radius 3 is 2.94 bits per heavy atom.